The van der Waals surface area contributed by atoms with Crippen molar-refractivity contribution in [2.45, 2.75) is 25.9 Å². The van der Waals surface area contributed by atoms with Crippen LogP contribution >= 0.6 is 11.8 Å². The van der Waals surface area contributed by atoms with Gasteiger partial charge in [-0.15, -0.1) is 0 Å². The Labute approximate surface area is 105 Å². The minimum absolute atomic E-state index is 0.0512. The molecule has 0 spiro atoms. The minimum atomic E-state index is -0.256. The summed E-state index contributed by atoms with van der Waals surface area (Å²) in [7, 11) is 0. The molecule has 96 valence electrons. The van der Waals surface area contributed by atoms with Gasteiger partial charge in [0.05, 0.1) is 5.92 Å². The molecule has 2 atom stereocenters. The highest BCUT2D eigenvalue weighted by Crippen LogP contribution is 2.27. The number of ether oxygens (including phenoxy) is 1. The zero-order valence-corrected chi connectivity index (χ0v) is 10.6. The second-order valence-corrected chi connectivity index (χ2v) is 5.09. The Kier molecular flexibility index (Phi) is 6.04. The van der Waals surface area contributed by atoms with Gasteiger partial charge in [0, 0.05) is 31.4 Å². The summed E-state index contributed by atoms with van der Waals surface area (Å²) in [5.74, 6) is 1.35. The van der Waals surface area contributed by atoms with Gasteiger partial charge in [-0.25, -0.2) is 0 Å². The Morgan fingerprint density at radius 3 is 3.06 bits per heavy atom. The molecule has 0 saturated heterocycles. The van der Waals surface area contributed by atoms with Crippen LogP contribution in [-0.2, 0) is 19.1 Å². The maximum Gasteiger partial charge on any atom is 0.293 e. The van der Waals surface area contributed by atoms with Gasteiger partial charge in [-0.1, -0.05) is 0 Å². The molecule has 6 heteroatoms. The van der Waals surface area contributed by atoms with Crippen LogP contribution in [0.2, 0.25) is 0 Å². The summed E-state index contributed by atoms with van der Waals surface area (Å²) < 4.78 is 4.90. The molecule has 17 heavy (non-hydrogen) atoms. The van der Waals surface area contributed by atoms with Crippen LogP contribution in [0.5, 0.6) is 0 Å². The second-order valence-electron chi connectivity index (χ2n) is 3.94. The maximum absolute atomic E-state index is 11.6. The van der Waals surface area contributed by atoms with E-state index in [-0.39, 0.29) is 23.7 Å². The van der Waals surface area contributed by atoms with E-state index in [9.17, 15) is 14.4 Å². The molecule has 0 aromatic rings. The lowest BCUT2D eigenvalue weighted by Gasteiger charge is -2.16. The third-order valence-corrected chi connectivity index (χ3v) is 3.77. The van der Waals surface area contributed by atoms with E-state index < -0.39 is 0 Å². The topological polar surface area (TPSA) is 72.5 Å². The maximum atomic E-state index is 11.6. The molecule has 1 aliphatic rings. The summed E-state index contributed by atoms with van der Waals surface area (Å²) >= 11 is 1.59. The van der Waals surface area contributed by atoms with E-state index in [4.69, 9.17) is 4.74 Å². The number of Topliss-reactive ketones (excluding diaryl/α,β-unsaturated/α-hetero) is 1. The third kappa shape index (κ3) is 4.77. The zero-order valence-electron chi connectivity index (χ0n) is 9.81. The van der Waals surface area contributed by atoms with E-state index in [1.165, 1.54) is 6.92 Å². The Hall–Kier alpha value is -1.04. The average Bonchev–Trinajstić information content (AvgIpc) is 2.61. The van der Waals surface area contributed by atoms with Crippen LogP contribution in [0.15, 0.2) is 0 Å². The molecule has 0 heterocycles. The lowest BCUT2D eigenvalue weighted by molar-refractivity contribution is -0.136. The molecule has 1 saturated carbocycles. The van der Waals surface area contributed by atoms with Gasteiger partial charge in [-0.3, -0.25) is 14.4 Å². The molecular formula is C11H17NO4S. The van der Waals surface area contributed by atoms with Crippen molar-refractivity contribution in [1.29, 1.82) is 0 Å². The fourth-order valence-electron chi connectivity index (χ4n) is 1.82. The van der Waals surface area contributed by atoms with Gasteiger partial charge in [0.2, 0.25) is 5.91 Å². The molecule has 2 unspecified atom stereocenters. The first-order chi connectivity index (χ1) is 8.15. The number of nitrogens with one attached hydrogen (secondary N) is 1. The van der Waals surface area contributed by atoms with Crippen molar-refractivity contribution in [3.05, 3.63) is 0 Å². The highest BCUT2D eigenvalue weighted by atomic mass is 32.2. The van der Waals surface area contributed by atoms with Crippen LogP contribution in [0.25, 0.3) is 0 Å². The lowest BCUT2D eigenvalue weighted by atomic mass is 10.1. The molecule has 0 bridgehead atoms. The van der Waals surface area contributed by atoms with Gasteiger partial charge in [-0.2, -0.15) is 11.8 Å². The molecular weight excluding hydrogens is 242 g/mol. The van der Waals surface area contributed by atoms with Crippen molar-refractivity contribution < 1.29 is 19.1 Å². The van der Waals surface area contributed by atoms with E-state index in [2.05, 4.69) is 5.32 Å². The molecule has 1 rings (SSSR count). The Morgan fingerprint density at radius 1 is 1.65 bits per heavy atom. The molecule has 0 aromatic carbocycles. The normalized spacial score (nSPS) is 23.5. The average molecular weight is 259 g/mol. The number of carbonyl (C=O) groups excluding carboxylic acids is 3. The summed E-state index contributed by atoms with van der Waals surface area (Å²) in [5.41, 5.74) is 0. The first-order valence-electron chi connectivity index (χ1n) is 5.59. The van der Waals surface area contributed by atoms with Gasteiger partial charge in [0.25, 0.3) is 6.47 Å². The van der Waals surface area contributed by atoms with Crippen molar-refractivity contribution >= 4 is 29.9 Å². The molecule has 1 aliphatic carbocycles. The van der Waals surface area contributed by atoms with Crippen LogP contribution in [-0.4, -0.2) is 42.3 Å². The largest absolute Gasteiger partial charge is 0.464 e. The van der Waals surface area contributed by atoms with E-state index in [1.807, 2.05) is 0 Å². The lowest BCUT2D eigenvalue weighted by Crippen LogP contribution is -2.26. The summed E-state index contributed by atoms with van der Waals surface area (Å²) in [4.78, 5) is 32.4. The van der Waals surface area contributed by atoms with Crippen LogP contribution in [0.3, 0.4) is 0 Å². The fourth-order valence-corrected chi connectivity index (χ4v) is 2.89. The van der Waals surface area contributed by atoms with Gasteiger partial charge >= 0.3 is 0 Å². The molecule has 0 aromatic heterocycles. The quantitative estimate of drug-likeness (QED) is 0.528. The molecule has 1 amide bonds. The fraction of sp³-hybridized carbons (Fsp3) is 0.727. The minimum Gasteiger partial charge on any atom is -0.464 e. The first kappa shape index (κ1) is 14.0. The number of rotatable bonds is 7. The van der Waals surface area contributed by atoms with Crippen LogP contribution < -0.4 is 5.32 Å². The van der Waals surface area contributed by atoms with E-state index in [1.54, 1.807) is 11.8 Å². The molecule has 1 N–H and O–H groups in total. The number of thioether (sulfide) groups is 1. The smallest absolute Gasteiger partial charge is 0.293 e. The highest BCUT2D eigenvalue weighted by Gasteiger charge is 2.35. The molecule has 5 nitrogen and oxygen atoms in total. The predicted octanol–water partition coefficient (Wildman–Crippen LogP) is 0.376. The summed E-state index contributed by atoms with van der Waals surface area (Å²) in [6.45, 7) is 2.48. The van der Waals surface area contributed by atoms with E-state index >= 15 is 0 Å². The number of hydrogen-bond donors (Lipinski definition) is 1. The number of amides is 1. The SMILES string of the molecule is CC(=O)NCCSCC1C(=O)CCC1OC=O. The monoisotopic (exact) mass is 259 g/mol. The molecule has 0 aliphatic heterocycles. The predicted molar refractivity (Wildman–Crippen MR) is 64.7 cm³/mol. The third-order valence-electron chi connectivity index (χ3n) is 2.69. The number of carbonyl (C=O) groups is 3. The van der Waals surface area contributed by atoms with Crippen molar-refractivity contribution in [1.82, 2.24) is 5.32 Å². The van der Waals surface area contributed by atoms with Crippen molar-refractivity contribution in [3.63, 3.8) is 0 Å². The Morgan fingerprint density at radius 2 is 2.41 bits per heavy atom. The number of hydrogen-bond acceptors (Lipinski definition) is 5. The van der Waals surface area contributed by atoms with Crippen LogP contribution in [0.4, 0.5) is 0 Å². The van der Waals surface area contributed by atoms with E-state index in [0.717, 1.165) is 5.75 Å². The van der Waals surface area contributed by atoms with Crippen molar-refractivity contribution in [3.8, 4) is 0 Å². The van der Waals surface area contributed by atoms with Gasteiger partial charge < -0.3 is 10.1 Å². The zero-order chi connectivity index (χ0) is 12.7. The Bertz CT molecular complexity index is 295. The van der Waals surface area contributed by atoms with Gasteiger partial charge in [0.15, 0.2) is 0 Å². The molecule has 1 fully saturated rings. The van der Waals surface area contributed by atoms with Crippen molar-refractivity contribution in [2.75, 3.05) is 18.1 Å². The van der Waals surface area contributed by atoms with Crippen molar-refractivity contribution in [2.24, 2.45) is 5.92 Å². The summed E-state index contributed by atoms with van der Waals surface area (Å²) in [5, 5.41) is 2.69. The van der Waals surface area contributed by atoms with E-state index in [0.29, 0.717) is 31.6 Å². The van der Waals surface area contributed by atoms with Crippen LogP contribution in [0, 0.1) is 5.92 Å². The standard InChI is InChI=1S/C11H17NO4S/c1-8(14)12-4-5-17-6-9-10(15)2-3-11(9)16-7-13/h7,9,11H,2-6H2,1H3,(H,12,14). The highest BCUT2D eigenvalue weighted by molar-refractivity contribution is 7.99. The summed E-state index contributed by atoms with van der Waals surface area (Å²) in [6, 6.07) is 0. The van der Waals surface area contributed by atoms with Gasteiger partial charge in [-0.05, 0) is 6.42 Å². The Balaban J connectivity index is 2.21. The van der Waals surface area contributed by atoms with Gasteiger partial charge in [0.1, 0.15) is 11.9 Å². The van der Waals surface area contributed by atoms with Crippen LogP contribution in [0.1, 0.15) is 19.8 Å². The number of ketones is 1. The first-order valence-corrected chi connectivity index (χ1v) is 6.74. The second kappa shape index (κ2) is 7.32. The summed E-state index contributed by atoms with van der Waals surface area (Å²) in [6.07, 6.45) is 0.873. The molecule has 0 radical (unpaired) electrons.